The molecule has 0 aliphatic carbocycles. The molecule has 24 heavy (non-hydrogen) atoms. The Kier molecular flexibility index (Phi) is 5.30. The maximum Gasteiger partial charge on any atom is 0.226 e. The molecule has 7 heteroatoms. The highest BCUT2D eigenvalue weighted by molar-refractivity contribution is 5.33. The summed E-state index contributed by atoms with van der Waals surface area (Å²) in [7, 11) is 1.62. The average molecular weight is 331 g/mol. The Hall–Kier alpha value is -2.15. The Morgan fingerprint density at radius 3 is 2.88 bits per heavy atom. The first-order valence-corrected chi connectivity index (χ1v) is 8.46. The number of imidazole rings is 1. The molecule has 3 rings (SSSR count). The zero-order chi connectivity index (χ0) is 16.9. The second-order valence-corrected chi connectivity index (χ2v) is 6.02. The lowest BCUT2D eigenvalue weighted by Gasteiger charge is -2.31. The van der Waals surface area contributed by atoms with Crippen molar-refractivity contribution in [3.63, 3.8) is 0 Å². The third-order valence-electron chi connectivity index (χ3n) is 4.43. The molecule has 2 aromatic rings. The van der Waals surface area contributed by atoms with Crippen molar-refractivity contribution < 1.29 is 9.47 Å². The van der Waals surface area contributed by atoms with E-state index in [0.29, 0.717) is 17.7 Å². The Morgan fingerprint density at radius 1 is 1.38 bits per heavy atom. The summed E-state index contributed by atoms with van der Waals surface area (Å²) >= 11 is 0. The zero-order valence-electron chi connectivity index (χ0n) is 14.5. The first-order chi connectivity index (χ1) is 11.7. The lowest BCUT2D eigenvalue weighted by molar-refractivity contribution is 0.0593. The fraction of sp³-hybridized carbons (Fsp3) is 0.588. The van der Waals surface area contributed by atoms with Gasteiger partial charge in [0.2, 0.25) is 11.8 Å². The molecule has 3 heterocycles. The summed E-state index contributed by atoms with van der Waals surface area (Å²) in [5.74, 6) is 2.60. The smallest absolute Gasteiger partial charge is 0.226 e. The van der Waals surface area contributed by atoms with Crippen molar-refractivity contribution in [2.24, 2.45) is 5.92 Å². The number of nitrogens with one attached hydrogen (secondary N) is 1. The summed E-state index contributed by atoms with van der Waals surface area (Å²) in [4.78, 5) is 13.5. The van der Waals surface area contributed by atoms with Gasteiger partial charge in [0.05, 0.1) is 13.2 Å². The normalized spacial score (nSPS) is 16.8. The first-order valence-electron chi connectivity index (χ1n) is 8.46. The minimum atomic E-state index is 0.0513. The van der Waals surface area contributed by atoms with Crippen LogP contribution in [0.1, 0.15) is 37.3 Å². The molecule has 0 aromatic carbocycles. The molecule has 0 amide bonds. The molecule has 0 saturated carbocycles. The van der Waals surface area contributed by atoms with Crippen molar-refractivity contribution in [1.82, 2.24) is 19.5 Å². The number of methoxy groups -OCH3 is 1. The van der Waals surface area contributed by atoms with Gasteiger partial charge in [-0.3, -0.25) is 0 Å². The highest BCUT2D eigenvalue weighted by Crippen LogP contribution is 2.32. The van der Waals surface area contributed by atoms with Gasteiger partial charge in [0.15, 0.2) is 0 Å². The van der Waals surface area contributed by atoms with E-state index in [1.54, 1.807) is 7.11 Å². The second-order valence-electron chi connectivity index (χ2n) is 6.02. The van der Waals surface area contributed by atoms with E-state index >= 15 is 0 Å². The van der Waals surface area contributed by atoms with Crippen LogP contribution in [-0.4, -0.2) is 39.8 Å². The molecule has 1 atom stereocenters. The van der Waals surface area contributed by atoms with E-state index in [1.807, 2.05) is 25.4 Å². The second kappa shape index (κ2) is 7.61. The van der Waals surface area contributed by atoms with E-state index in [-0.39, 0.29) is 6.04 Å². The molecule has 0 radical (unpaired) electrons. The topological polar surface area (TPSA) is 74.1 Å². The van der Waals surface area contributed by atoms with Gasteiger partial charge in [-0.25, -0.2) is 9.97 Å². The van der Waals surface area contributed by atoms with Gasteiger partial charge in [-0.15, -0.1) is 0 Å². The zero-order valence-corrected chi connectivity index (χ0v) is 14.5. The monoisotopic (exact) mass is 331 g/mol. The summed E-state index contributed by atoms with van der Waals surface area (Å²) < 4.78 is 13.0. The van der Waals surface area contributed by atoms with Crippen LogP contribution in [-0.2, 0) is 11.3 Å². The van der Waals surface area contributed by atoms with Crippen LogP contribution in [0.25, 0.3) is 0 Å². The minimum Gasteiger partial charge on any atom is -0.481 e. The molecule has 0 unspecified atom stereocenters. The van der Waals surface area contributed by atoms with E-state index < -0.39 is 0 Å². The average Bonchev–Trinajstić information content (AvgIpc) is 3.08. The maximum absolute atomic E-state index is 5.52. The number of aromatic nitrogens is 4. The van der Waals surface area contributed by atoms with Crippen LogP contribution in [0.5, 0.6) is 5.88 Å². The van der Waals surface area contributed by atoms with Crippen LogP contribution < -0.4 is 10.1 Å². The Morgan fingerprint density at radius 2 is 2.17 bits per heavy atom. The van der Waals surface area contributed by atoms with Crippen molar-refractivity contribution in [3.05, 3.63) is 30.0 Å². The standard InChI is InChI=1S/C17H25N5O2/c1-4-22-8-7-18-16(22)15(13-5-9-24-10-6-13)21-17-19-12(2)11-14(20-17)23-3/h7-8,11,13,15H,4-6,9-10H2,1-3H3,(H,19,20,21)/t15-/m1/s1. The van der Waals surface area contributed by atoms with Gasteiger partial charge >= 0.3 is 0 Å². The molecule has 0 bridgehead atoms. The number of anilines is 1. The van der Waals surface area contributed by atoms with Crippen molar-refractivity contribution in [3.8, 4) is 5.88 Å². The van der Waals surface area contributed by atoms with Gasteiger partial charge in [-0.2, -0.15) is 4.98 Å². The molecular formula is C17H25N5O2. The van der Waals surface area contributed by atoms with E-state index in [0.717, 1.165) is 44.1 Å². The molecule has 1 aliphatic heterocycles. The third kappa shape index (κ3) is 3.67. The maximum atomic E-state index is 5.52. The van der Waals surface area contributed by atoms with Crippen LogP contribution in [0.15, 0.2) is 18.5 Å². The summed E-state index contributed by atoms with van der Waals surface area (Å²) in [5.41, 5.74) is 0.869. The summed E-state index contributed by atoms with van der Waals surface area (Å²) in [6.07, 6.45) is 5.86. The summed E-state index contributed by atoms with van der Waals surface area (Å²) in [5, 5.41) is 3.50. The predicted molar refractivity (Wildman–Crippen MR) is 91.1 cm³/mol. The number of hydrogen-bond acceptors (Lipinski definition) is 6. The van der Waals surface area contributed by atoms with E-state index in [2.05, 4.69) is 31.8 Å². The largest absolute Gasteiger partial charge is 0.481 e. The van der Waals surface area contributed by atoms with Crippen molar-refractivity contribution >= 4 is 5.95 Å². The molecule has 7 nitrogen and oxygen atoms in total. The number of nitrogens with zero attached hydrogens (tertiary/aromatic N) is 4. The number of hydrogen-bond donors (Lipinski definition) is 1. The SMILES string of the molecule is CCn1ccnc1[C@H](Nc1nc(C)cc(OC)n1)C1CCOCC1. The molecular weight excluding hydrogens is 306 g/mol. The van der Waals surface area contributed by atoms with Gasteiger partial charge in [-0.05, 0) is 32.6 Å². The molecule has 1 aliphatic rings. The summed E-state index contributed by atoms with van der Waals surface area (Å²) in [6, 6.07) is 1.87. The Balaban J connectivity index is 1.91. The van der Waals surface area contributed by atoms with Crippen LogP contribution in [0, 0.1) is 12.8 Å². The van der Waals surface area contributed by atoms with Crippen LogP contribution >= 0.6 is 0 Å². The minimum absolute atomic E-state index is 0.0513. The molecule has 1 fully saturated rings. The van der Waals surface area contributed by atoms with Crippen molar-refractivity contribution in [1.29, 1.82) is 0 Å². The third-order valence-corrected chi connectivity index (χ3v) is 4.43. The van der Waals surface area contributed by atoms with E-state index in [9.17, 15) is 0 Å². The predicted octanol–water partition coefficient (Wildman–Crippen LogP) is 2.59. The number of aryl methyl sites for hydroxylation is 2. The summed E-state index contributed by atoms with van der Waals surface area (Å²) in [6.45, 7) is 6.51. The van der Waals surface area contributed by atoms with Crippen LogP contribution in [0.3, 0.4) is 0 Å². The molecule has 1 N–H and O–H groups in total. The lowest BCUT2D eigenvalue weighted by atomic mass is 9.91. The van der Waals surface area contributed by atoms with E-state index in [4.69, 9.17) is 9.47 Å². The lowest BCUT2D eigenvalue weighted by Crippen LogP contribution is -2.30. The number of rotatable bonds is 6. The molecule has 130 valence electrons. The van der Waals surface area contributed by atoms with Crippen molar-refractivity contribution in [2.75, 3.05) is 25.6 Å². The Bertz CT molecular complexity index is 667. The van der Waals surface area contributed by atoms with Gasteiger partial charge in [0, 0.05) is 43.9 Å². The van der Waals surface area contributed by atoms with Gasteiger partial charge < -0.3 is 19.4 Å². The Labute approximate surface area is 142 Å². The fourth-order valence-corrected chi connectivity index (χ4v) is 3.16. The molecule has 2 aromatic heterocycles. The fourth-order valence-electron chi connectivity index (χ4n) is 3.16. The highest BCUT2D eigenvalue weighted by atomic mass is 16.5. The van der Waals surface area contributed by atoms with Gasteiger partial charge in [0.1, 0.15) is 5.82 Å². The highest BCUT2D eigenvalue weighted by Gasteiger charge is 2.29. The van der Waals surface area contributed by atoms with Crippen LogP contribution in [0.2, 0.25) is 0 Å². The molecule has 0 spiro atoms. The number of ether oxygens (including phenoxy) is 2. The van der Waals surface area contributed by atoms with Crippen molar-refractivity contribution in [2.45, 2.75) is 39.3 Å². The van der Waals surface area contributed by atoms with Gasteiger partial charge in [0.25, 0.3) is 0 Å². The van der Waals surface area contributed by atoms with E-state index in [1.165, 1.54) is 0 Å². The van der Waals surface area contributed by atoms with Crippen LogP contribution in [0.4, 0.5) is 5.95 Å². The quantitative estimate of drug-likeness (QED) is 0.877. The van der Waals surface area contributed by atoms with Gasteiger partial charge in [-0.1, -0.05) is 0 Å². The first kappa shape index (κ1) is 16.7. The molecule has 1 saturated heterocycles.